The van der Waals surface area contributed by atoms with E-state index in [9.17, 15) is 8.42 Å². The fourth-order valence-electron chi connectivity index (χ4n) is 2.23. The van der Waals surface area contributed by atoms with E-state index < -0.39 is 9.84 Å². The summed E-state index contributed by atoms with van der Waals surface area (Å²) in [5, 5.41) is 4.44. The second kappa shape index (κ2) is 5.77. The second-order valence-electron chi connectivity index (χ2n) is 5.30. The Morgan fingerprint density at radius 1 is 1.24 bits per heavy atom. The van der Waals surface area contributed by atoms with Crippen LogP contribution < -0.4 is 5.32 Å². The number of nitrogens with one attached hydrogen (secondary N) is 1. The Morgan fingerprint density at radius 2 is 1.90 bits per heavy atom. The zero-order chi connectivity index (χ0) is 15.8. The van der Waals surface area contributed by atoms with Crippen LogP contribution in [-0.2, 0) is 9.84 Å². The van der Waals surface area contributed by atoms with E-state index in [1.54, 1.807) is 23.5 Å². The van der Waals surface area contributed by atoms with Gasteiger partial charge in [-0.1, -0.05) is 6.07 Å². The number of benzene rings is 1. The van der Waals surface area contributed by atoms with Crippen molar-refractivity contribution in [2.75, 3.05) is 11.6 Å². The Bertz CT molecular complexity index is 764. The molecule has 1 atom stereocenters. The van der Waals surface area contributed by atoms with Crippen molar-refractivity contribution < 1.29 is 8.42 Å². The molecular weight excluding hydrogens is 304 g/mol. The number of nitrogens with zero attached hydrogens (tertiary/aromatic N) is 1. The largest absolute Gasteiger partial charge is 0.377 e. The van der Waals surface area contributed by atoms with E-state index in [-0.39, 0.29) is 6.04 Å². The fourth-order valence-corrected chi connectivity index (χ4v) is 3.81. The summed E-state index contributed by atoms with van der Waals surface area (Å²) in [7, 11) is -3.20. The van der Waals surface area contributed by atoms with E-state index in [0.29, 0.717) is 4.90 Å². The third-order valence-electron chi connectivity index (χ3n) is 3.34. The minimum atomic E-state index is -3.20. The van der Waals surface area contributed by atoms with Gasteiger partial charge < -0.3 is 5.32 Å². The first-order valence-corrected chi connectivity index (χ1v) is 9.40. The Balaban J connectivity index is 2.33. The average molecular weight is 324 g/mol. The third-order valence-corrected chi connectivity index (χ3v) is 5.71. The number of aryl methyl sites for hydroxylation is 3. The number of sulfone groups is 1. The minimum absolute atomic E-state index is 0.0877. The lowest BCUT2D eigenvalue weighted by molar-refractivity contribution is 0.602. The van der Waals surface area contributed by atoms with Gasteiger partial charge in [0.05, 0.1) is 21.6 Å². The smallest absolute Gasteiger partial charge is 0.175 e. The molecule has 0 radical (unpaired) electrons. The highest BCUT2D eigenvalue weighted by molar-refractivity contribution is 7.90. The van der Waals surface area contributed by atoms with Crippen LogP contribution in [-0.4, -0.2) is 19.7 Å². The molecule has 21 heavy (non-hydrogen) atoms. The maximum Gasteiger partial charge on any atom is 0.175 e. The topological polar surface area (TPSA) is 59.1 Å². The lowest BCUT2D eigenvalue weighted by Crippen LogP contribution is -2.08. The van der Waals surface area contributed by atoms with Crippen LogP contribution in [0.25, 0.3) is 0 Å². The summed E-state index contributed by atoms with van der Waals surface area (Å²) in [6, 6.07) is 5.26. The van der Waals surface area contributed by atoms with E-state index in [0.717, 1.165) is 22.0 Å². The Hall–Kier alpha value is -1.40. The fraction of sp³-hybridized carbons (Fsp3) is 0.400. The van der Waals surface area contributed by atoms with Gasteiger partial charge in [-0.15, -0.1) is 11.3 Å². The van der Waals surface area contributed by atoms with Crippen LogP contribution in [0.4, 0.5) is 5.69 Å². The SMILES string of the molecule is Cc1nc(C)c(C(C)Nc2cc(S(C)(=O)=O)ccc2C)s1. The predicted octanol–water partition coefficient (Wildman–Crippen LogP) is 3.64. The summed E-state index contributed by atoms with van der Waals surface area (Å²) in [6.07, 6.45) is 1.22. The molecular formula is C15H20N2O2S2. The maximum absolute atomic E-state index is 11.7. The van der Waals surface area contributed by atoms with Crippen molar-refractivity contribution >= 4 is 26.9 Å². The first-order chi connectivity index (χ1) is 9.68. The first-order valence-electron chi connectivity index (χ1n) is 6.69. The average Bonchev–Trinajstić information content (AvgIpc) is 2.70. The van der Waals surface area contributed by atoms with Crippen molar-refractivity contribution in [3.8, 4) is 0 Å². The van der Waals surface area contributed by atoms with Gasteiger partial charge in [-0.3, -0.25) is 0 Å². The van der Waals surface area contributed by atoms with Gasteiger partial charge >= 0.3 is 0 Å². The molecule has 1 unspecified atom stereocenters. The highest BCUT2D eigenvalue weighted by Gasteiger charge is 2.15. The Morgan fingerprint density at radius 3 is 2.43 bits per heavy atom. The molecule has 1 heterocycles. The number of thiazole rings is 1. The van der Waals surface area contributed by atoms with Crippen molar-refractivity contribution in [1.29, 1.82) is 0 Å². The molecule has 0 aliphatic carbocycles. The highest BCUT2D eigenvalue weighted by atomic mass is 32.2. The summed E-state index contributed by atoms with van der Waals surface area (Å²) >= 11 is 1.67. The van der Waals surface area contributed by atoms with Crippen LogP contribution >= 0.6 is 11.3 Å². The van der Waals surface area contributed by atoms with Crippen LogP contribution in [0.3, 0.4) is 0 Å². The van der Waals surface area contributed by atoms with Crippen molar-refractivity contribution in [1.82, 2.24) is 4.98 Å². The Kier molecular flexibility index (Phi) is 4.39. The summed E-state index contributed by atoms with van der Waals surface area (Å²) in [5.74, 6) is 0. The number of rotatable bonds is 4. The van der Waals surface area contributed by atoms with Crippen molar-refractivity contribution in [3.05, 3.63) is 39.3 Å². The molecule has 6 heteroatoms. The Labute approximate surface area is 130 Å². The molecule has 1 N–H and O–H groups in total. The standard InChI is InChI=1S/C15H20N2O2S2/c1-9-6-7-13(21(5,18)19)8-14(9)17-11(3)15-10(2)16-12(4)20-15/h6-8,11,17H,1-5H3. The molecule has 4 nitrogen and oxygen atoms in total. The van der Waals surface area contributed by atoms with Gasteiger partial charge in [0.1, 0.15) is 0 Å². The second-order valence-corrected chi connectivity index (χ2v) is 8.55. The van der Waals surface area contributed by atoms with E-state index >= 15 is 0 Å². The van der Waals surface area contributed by atoms with Gasteiger partial charge in [0.15, 0.2) is 9.84 Å². The minimum Gasteiger partial charge on any atom is -0.377 e. The van der Waals surface area contributed by atoms with Gasteiger partial charge in [0.25, 0.3) is 0 Å². The highest BCUT2D eigenvalue weighted by Crippen LogP contribution is 2.29. The molecule has 0 saturated carbocycles. The van der Waals surface area contributed by atoms with Gasteiger partial charge in [-0.05, 0) is 45.4 Å². The summed E-state index contributed by atoms with van der Waals surface area (Å²) in [6.45, 7) is 8.01. The van der Waals surface area contributed by atoms with Crippen molar-refractivity contribution in [3.63, 3.8) is 0 Å². The molecule has 0 spiro atoms. The zero-order valence-corrected chi connectivity index (χ0v) is 14.5. The van der Waals surface area contributed by atoms with Crippen molar-refractivity contribution in [2.45, 2.75) is 38.6 Å². The summed E-state index contributed by atoms with van der Waals surface area (Å²) in [4.78, 5) is 5.95. The summed E-state index contributed by atoms with van der Waals surface area (Å²) < 4.78 is 23.3. The number of hydrogen-bond donors (Lipinski definition) is 1. The van der Waals surface area contributed by atoms with E-state index in [2.05, 4.69) is 17.2 Å². The molecule has 2 aromatic rings. The normalized spacial score (nSPS) is 13.2. The van der Waals surface area contributed by atoms with Crippen molar-refractivity contribution in [2.24, 2.45) is 0 Å². The van der Waals surface area contributed by atoms with Crippen LogP contribution in [0.15, 0.2) is 23.1 Å². The summed E-state index contributed by atoms with van der Waals surface area (Å²) in [5.41, 5.74) is 2.89. The van der Waals surface area contributed by atoms with Gasteiger partial charge in [0.2, 0.25) is 0 Å². The lowest BCUT2D eigenvalue weighted by atomic mass is 10.1. The molecule has 0 fully saturated rings. The van der Waals surface area contributed by atoms with Crippen LogP contribution in [0.2, 0.25) is 0 Å². The first kappa shape index (κ1) is 16.0. The number of hydrogen-bond acceptors (Lipinski definition) is 5. The molecule has 0 aliphatic heterocycles. The molecule has 1 aromatic carbocycles. The van der Waals surface area contributed by atoms with E-state index in [1.807, 2.05) is 26.8 Å². The number of aromatic nitrogens is 1. The van der Waals surface area contributed by atoms with Gasteiger partial charge in [-0.2, -0.15) is 0 Å². The lowest BCUT2D eigenvalue weighted by Gasteiger charge is -2.17. The molecule has 0 aliphatic rings. The predicted molar refractivity (Wildman–Crippen MR) is 87.9 cm³/mol. The van der Waals surface area contributed by atoms with Crippen LogP contribution in [0, 0.1) is 20.8 Å². The molecule has 0 bridgehead atoms. The molecule has 0 amide bonds. The zero-order valence-electron chi connectivity index (χ0n) is 12.9. The maximum atomic E-state index is 11.7. The van der Waals surface area contributed by atoms with E-state index in [4.69, 9.17) is 0 Å². The molecule has 2 rings (SSSR count). The van der Waals surface area contributed by atoms with Gasteiger partial charge in [-0.25, -0.2) is 13.4 Å². The van der Waals surface area contributed by atoms with Gasteiger partial charge in [0, 0.05) is 16.8 Å². The third kappa shape index (κ3) is 3.63. The number of anilines is 1. The molecule has 0 saturated heterocycles. The van der Waals surface area contributed by atoms with Crippen LogP contribution in [0.5, 0.6) is 0 Å². The van der Waals surface area contributed by atoms with E-state index in [1.165, 1.54) is 11.1 Å². The quantitative estimate of drug-likeness (QED) is 0.932. The van der Waals surface area contributed by atoms with Crippen LogP contribution in [0.1, 0.15) is 34.1 Å². The molecule has 114 valence electrons. The molecule has 1 aromatic heterocycles. The monoisotopic (exact) mass is 324 g/mol.